The number of hydrogen-bond donors (Lipinski definition) is 2. The first-order valence-corrected chi connectivity index (χ1v) is 11.0. The molecule has 0 rings (SSSR count). The number of nitrogens with one attached hydrogen (secondary N) is 1. The standard InChI is InChI=1S/C13H24Cl3NO5Si/c1-8(22-23(5,6)12(2,3)4)9(10(18)19)17-11(20)21-7-13(14,15)16/h8-9H,7H2,1-6H3,(H,17,20)(H,18,19)/t8-,9+/m1/s1. The Morgan fingerprint density at radius 3 is 2.04 bits per heavy atom. The van der Waals surface area contributed by atoms with Gasteiger partial charge in [0.1, 0.15) is 6.61 Å². The number of carbonyl (C=O) groups is 2. The predicted octanol–water partition coefficient (Wildman–Crippen LogP) is 3.95. The van der Waals surface area contributed by atoms with Crippen LogP contribution in [-0.2, 0) is 14.0 Å². The quantitative estimate of drug-likeness (QED) is 0.513. The van der Waals surface area contributed by atoms with Gasteiger partial charge in [-0.15, -0.1) is 0 Å². The van der Waals surface area contributed by atoms with Crippen LogP contribution < -0.4 is 5.32 Å². The summed E-state index contributed by atoms with van der Waals surface area (Å²) in [7, 11) is -2.19. The maximum Gasteiger partial charge on any atom is 0.408 e. The summed E-state index contributed by atoms with van der Waals surface area (Å²) in [5, 5.41) is 11.4. The van der Waals surface area contributed by atoms with E-state index in [1.165, 1.54) is 0 Å². The second-order valence-electron chi connectivity index (χ2n) is 6.73. The molecular weight excluding hydrogens is 385 g/mol. The van der Waals surface area contributed by atoms with Gasteiger partial charge in [-0.3, -0.25) is 0 Å². The molecule has 0 aliphatic heterocycles. The summed E-state index contributed by atoms with van der Waals surface area (Å²) < 4.78 is 8.90. The zero-order chi connectivity index (χ0) is 18.6. The molecule has 6 nitrogen and oxygen atoms in total. The summed E-state index contributed by atoms with van der Waals surface area (Å²) in [6, 6.07) is -1.27. The minimum Gasteiger partial charge on any atom is -0.480 e. The van der Waals surface area contributed by atoms with Crippen molar-refractivity contribution in [1.82, 2.24) is 5.32 Å². The van der Waals surface area contributed by atoms with Crippen molar-refractivity contribution in [2.24, 2.45) is 0 Å². The molecule has 0 aromatic carbocycles. The number of carboxylic acid groups (broad SMARTS) is 1. The Hall–Kier alpha value is -0.213. The number of carbonyl (C=O) groups excluding carboxylic acids is 1. The smallest absolute Gasteiger partial charge is 0.408 e. The van der Waals surface area contributed by atoms with Crippen LogP contribution in [0.2, 0.25) is 18.1 Å². The summed E-state index contributed by atoms with van der Waals surface area (Å²) in [6.45, 7) is 11.2. The summed E-state index contributed by atoms with van der Waals surface area (Å²) in [5.74, 6) is -1.23. The van der Waals surface area contributed by atoms with Crippen molar-refractivity contribution >= 4 is 55.2 Å². The summed E-state index contributed by atoms with van der Waals surface area (Å²) in [5.41, 5.74) is 0. The fourth-order valence-corrected chi connectivity index (χ4v) is 2.99. The van der Waals surface area contributed by atoms with Crippen LogP contribution in [0.3, 0.4) is 0 Å². The third-order valence-corrected chi connectivity index (χ3v) is 8.56. The molecule has 0 aliphatic rings. The van der Waals surface area contributed by atoms with Crippen LogP contribution in [0.1, 0.15) is 27.7 Å². The molecule has 2 atom stereocenters. The number of hydrogen-bond acceptors (Lipinski definition) is 4. The highest BCUT2D eigenvalue weighted by Crippen LogP contribution is 2.37. The summed E-state index contributed by atoms with van der Waals surface area (Å²) in [4.78, 5) is 23.1. The number of aliphatic carboxylic acids is 1. The molecular formula is C13H24Cl3NO5Si. The van der Waals surface area contributed by atoms with Crippen molar-refractivity contribution in [2.45, 2.75) is 61.8 Å². The van der Waals surface area contributed by atoms with Crippen LogP contribution >= 0.6 is 34.8 Å². The molecule has 136 valence electrons. The molecule has 0 aliphatic carbocycles. The maximum absolute atomic E-state index is 11.7. The highest BCUT2D eigenvalue weighted by atomic mass is 35.6. The van der Waals surface area contributed by atoms with E-state index in [0.29, 0.717) is 0 Å². The van der Waals surface area contributed by atoms with Crippen molar-refractivity contribution in [3.05, 3.63) is 0 Å². The SMILES string of the molecule is C[C@@H](O[Si](C)(C)C(C)(C)C)[C@H](NC(=O)OCC(Cl)(Cl)Cl)C(=O)O. The molecule has 0 heterocycles. The maximum atomic E-state index is 11.7. The van der Waals surface area contributed by atoms with Gasteiger partial charge in [0.2, 0.25) is 3.79 Å². The average molecular weight is 409 g/mol. The zero-order valence-electron chi connectivity index (χ0n) is 14.1. The third-order valence-electron chi connectivity index (χ3n) is 3.66. The lowest BCUT2D eigenvalue weighted by Crippen LogP contribution is -2.54. The molecule has 0 bridgehead atoms. The van der Waals surface area contributed by atoms with Gasteiger partial charge >= 0.3 is 12.1 Å². The summed E-state index contributed by atoms with van der Waals surface area (Å²) in [6.07, 6.45) is -1.73. The largest absolute Gasteiger partial charge is 0.480 e. The number of alkyl carbamates (subject to hydrolysis) is 1. The van der Waals surface area contributed by atoms with Gasteiger partial charge in [0.25, 0.3) is 0 Å². The molecule has 0 saturated carbocycles. The number of amides is 1. The Morgan fingerprint density at radius 1 is 1.22 bits per heavy atom. The van der Waals surface area contributed by atoms with Gasteiger partial charge < -0.3 is 19.6 Å². The van der Waals surface area contributed by atoms with Crippen molar-refractivity contribution in [3.63, 3.8) is 0 Å². The van der Waals surface area contributed by atoms with Crippen molar-refractivity contribution in [1.29, 1.82) is 0 Å². The lowest BCUT2D eigenvalue weighted by molar-refractivity contribution is -0.141. The minimum absolute atomic E-state index is 0.0969. The van der Waals surface area contributed by atoms with Gasteiger partial charge in [0, 0.05) is 0 Å². The van der Waals surface area contributed by atoms with Gasteiger partial charge in [0.15, 0.2) is 14.4 Å². The Labute approximate surface area is 152 Å². The van der Waals surface area contributed by atoms with Crippen molar-refractivity contribution in [2.75, 3.05) is 6.61 Å². The van der Waals surface area contributed by atoms with Gasteiger partial charge in [-0.05, 0) is 25.1 Å². The topological polar surface area (TPSA) is 84.9 Å². The van der Waals surface area contributed by atoms with Crippen LogP contribution in [-0.4, -0.2) is 48.0 Å². The van der Waals surface area contributed by atoms with E-state index >= 15 is 0 Å². The second-order valence-corrected chi connectivity index (χ2v) is 14.0. The van der Waals surface area contributed by atoms with Crippen LogP contribution in [0.25, 0.3) is 0 Å². The molecule has 10 heteroatoms. The monoisotopic (exact) mass is 407 g/mol. The van der Waals surface area contributed by atoms with Crippen LogP contribution in [0.5, 0.6) is 0 Å². The molecule has 0 spiro atoms. The van der Waals surface area contributed by atoms with E-state index in [2.05, 4.69) is 10.1 Å². The van der Waals surface area contributed by atoms with Gasteiger partial charge in [-0.1, -0.05) is 55.6 Å². The highest BCUT2D eigenvalue weighted by Gasteiger charge is 2.41. The molecule has 2 N–H and O–H groups in total. The molecule has 1 amide bonds. The van der Waals surface area contributed by atoms with Crippen LogP contribution in [0, 0.1) is 0 Å². The van der Waals surface area contributed by atoms with Gasteiger partial charge in [0.05, 0.1) is 6.10 Å². The fraction of sp³-hybridized carbons (Fsp3) is 0.846. The van der Waals surface area contributed by atoms with Gasteiger partial charge in [-0.25, -0.2) is 9.59 Å². The summed E-state index contributed by atoms with van der Waals surface area (Å²) >= 11 is 16.4. The highest BCUT2D eigenvalue weighted by molar-refractivity contribution is 6.74. The van der Waals surface area contributed by atoms with E-state index < -0.39 is 42.9 Å². The van der Waals surface area contributed by atoms with E-state index in [1.54, 1.807) is 6.92 Å². The lowest BCUT2D eigenvalue weighted by atomic mass is 10.2. The number of alkyl halides is 3. The Morgan fingerprint density at radius 2 is 1.70 bits per heavy atom. The molecule has 0 aromatic rings. The van der Waals surface area contributed by atoms with Gasteiger partial charge in [-0.2, -0.15) is 0 Å². The van der Waals surface area contributed by atoms with Crippen LogP contribution in [0.4, 0.5) is 4.79 Å². The second kappa shape index (κ2) is 8.25. The van der Waals surface area contributed by atoms with Crippen LogP contribution in [0.15, 0.2) is 0 Å². The number of rotatable bonds is 6. The first kappa shape index (κ1) is 22.8. The number of carboxylic acids is 1. The predicted molar refractivity (Wildman–Crippen MR) is 93.9 cm³/mol. The normalized spacial score (nSPS) is 15.7. The first-order chi connectivity index (χ1) is 10.1. The van der Waals surface area contributed by atoms with E-state index in [-0.39, 0.29) is 5.04 Å². The number of halogens is 3. The molecule has 0 aromatic heterocycles. The van der Waals surface area contributed by atoms with E-state index in [9.17, 15) is 14.7 Å². The number of ether oxygens (including phenoxy) is 1. The molecule has 0 unspecified atom stereocenters. The zero-order valence-corrected chi connectivity index (χ0v) is 17.3. The van der Waals surface area contributed by atoms with E-state index in [1.807, 2.05) is 33.9 Å². The Kier molecular flexibility index (Phi) is 8.17. The first-order valence-electron chi connectivity index (χ1n) is 6.97. The van der Waals surface area contributed by atoms with Crippen molar-refractivity contribution in [3.8, 4) is 0 Å². The average Bonchev–Trinajstić information content (AvgIpc) is 2.29. The Bertz CT molecular complexity index is 434. The van der Waals surface area contributed by atoms with E-state index in [4.69, 9.17) is 39.2 Å². The molecule has 0 saturated heterocycles. The Balaban J connectivity index is 4.86. The third kappa shape index (κ3) is 8.44. The molecule has 0 fully saturated rings. The minimum atomic E-state index is -2.19. The van der Waals surface area contributed by atoms with Crippen molar-refractivity contribution < 1.29 is 23.9 Å². The lowest BCUT2D eigenvalue weighted by Gasteiger charge is -2.39. The molecule has 0 radical (unpaired) electrons. The fourth-order valence-electron chi connectivity index (χ4n) is 1.41. The molecule has 23 heavy (non-hydrogen) atoms. The van der Waals surface area contributed by atoms with E-state index in [0.717, 1.165) is 0 Å².